The predicted molar refractivity (Wildman–Crippen MR) is 141 cm³/mol. The molecule has 1 aromatic heterocycles. The smallest absolute Gasteiger partial charge is 0.312 e. The Morgan fingerprint density at radius 2 is 1.89 bits per heavy atom. The molecule has 35 heavy (non-hydrogen) atoms. The number of carbonyl (C=O) groups is 1. The van der Waals surface area contributed by atoms with Crippen LogP contribution in [-0.2, 0) is 16.1 Å². The maximum absolute atomic E-state index is 13.7. The number of nitrogens with one attached hydrogen (secondary N) is 1. The molecule has 0 saturated carbocycles. The Hall–Kier alpha value is -3.94. The van der Waals surface area contributed by atoms with Crippen LogP contribution in [0.2, 0.25) is 5.02 Å². The molecule has 0 aliphatic rings. The number of nitrogens with two attached hydrogens (primary N) is 1. The lowest BCUT2D eigenvalue weighted by Crippen LogP contribution is -2.19. The third kappa shape index (κ3) is 5.95. The summed E-state index contributed by atoms with van der Waals surface area (Å²) < 4.78 is 19.0. The van der Waals surface area contributed by atoms with E-state index in [1.807, 2.05) is 53.4 Å². The molecular formula is C27H26ClFN4O2. The topological polar surface area (TPSA) is 83.7 Å². The fourth-order valence-electron chi connectivity index (χ4n) is 3.61. The van der Waals surface area contributed by atoms with Crippen LogP contribution in [0.1, 0.15) is 5.56 Å². The number of halogens is 2. The number of H-pyrrole nitrogens is 1. The maximum Gasteiger partial charge on any atom is 0.312 e. The van der Waals surface area contributed by atoms with Crippen LogP contribution in [0.25, 0.3) is 22.2 Å². The first-order valence-electron chi connectivity index (χ1n) is 10.7. The molecule has 0 unspecified atom stereocenters. The molecule has 0 aliphatic carbocycles. The van der Waals surface area contributed by atoms with Crippen molar-refractivity contribution in [1.29, 1.82) is 0 Å². The minimum atomic E-state index is -0.592. The van der Waals surface area contributed by atoms with Crippen LogP contribution in [0.4, 0.5) is 10.1 Å². The van der Waals surface area contributed by atoms with Gasteiger partial charge in [0, 0.05) is 23.1 Å². The minimum Gasteiger partial charge on any atom is -0.490 e. The van der Waals surface area contributed by atoms with E-state index in [1.54, 1.807) is 18.3 Å². The number of ether oxygens (including phenoxy) is 1. The molecule has 0 fully saturated rings. The number of hydrogen-bond acceptors (Lipinski definition) is 4. The molecule has 0 saturated heterocycles. The summed E-state index contributed by atoms with van der Waals surface area (Å²) in [5.41, 5.74) is 9.01. The van der Waals surface area contributed by atoms with Gasteiger partial charge in [-0.1, -0.05) is 54.1 Å². The molecule has 0 bridgehead atoms. The molecular weight excluding hydrogens is 467 g/mol. The second-order valence-corrected chi connectivity index (χ2v) is 7.73. The molecule has 8 heteroatoms. The lowest BCUT2D eigenvalue weighted by atomic mass is 10.1. The number of hydrogen-bond donors (Lipinski definition) is 2. The molecule has 3 aromatic carbocycles. The lowest BCUT2D eigenvalue weighted by Gasteiger charge is -2.23. The third-order valence-corrected chi connectivity index (χ3v) is 5.51. The van der Waals surface area contributed by atoms with Crippen molar-refractivity contribution in [2.45, 2.75) is 6.54 Å². The zero-order valence-corrected chi connectivity index (χ0v) is 20.2. The van der Waals surface area contributed by atoms with Crippen LogP contribution < -0.4 is 10.6 Å². The fourth-order valence-corrected chi connectivity index (χ4v) is 3.82. The Kier molecular flexibility index (Phi) is 8.78. The molecule has 1 heterocycles. The average molecular weight is 493 g/mol. The Balaban J connectivity index is 0.00000167. The van der Waals surface area contributed by atoms with Gasteiger partial charge in [0.25, 0.3) is 0 Å². The van der Waals surface area contributed by atoms with E-state index in [1.165, 1.54) is 20.2 Å². The predicted octanol–water partition coefficient (Wildman–Crippen LogP) is 5.92. The number of aromatic nitrogens is 1. The van der Waals surface area contributed by atoms with E-state index in [2.05, 4.69) is 28.5 Å². The normalized spacial score (nSPS) is 10.9. The second-order valence-electron chi connectivity index (χ2n) is 7.32. The highest BCUT2D eigenvalue weighted by atomic mass is 35.5. The summed E-state index contributed by atoms with van der Waals surface area (Å²) in [6, 6.07) is 22.4. The van der Waals surface area contributed by atoms with Crippen LogP contribution in [0.15, 0.2) is 89.7 Å². The van der Waals surface area contributed by atoms with Gasteiger partial charge in [0.05, 0.1) is 24.0 Å². The van der Waals surface area contributed by atoms with Gasteiger partial charge in [-0.25, -0.2) is 9.38 Å². The number of anilines is 1. The standard InChI is InChI=1S/C26H21ClFN3O2.CH5N/c1-29-26(32)25(33-2)16-31(15-17-11-12-21(28)20(27)13-17)24-10-6-9-22-19(24)14-23(30-22)18-7-4-3-5-8-18;1-2/h3-14,16,30H,1,15H2,2H3;2H2,1H3/b25-16+;. The summed E-state index contributed by atoms with van der Waals surface area (Å²) in [7, 11) is 2.90. The number of carbonyl (C=O) groups excluding carboxylic acids is 1. The molecule has 0 spiro atoms. The van der Waals surface area contributed by atoms with E-state index in [0.29, 0.717) is 6.54 Å². The van der Waals surface area contributed by atoms with Crippen molar-refractivity contribution in [1.82, 2.24) is 4.98 Å². The highest BCUT2D eigenvalue weighted by Gasteiger charge is 2.16. The van der Waals surface area contributed by atoms with Gasteiger partial charge >= 0.3 is 5.91 Å². The van der Waals surface area contributed by atoms with Gasteiger partial charge < -0.3 is 20.4 Å². The number of methoxy groups -OCH3 is 1. The zero-order valence-electron chi connectivity index (χ0n) is 19.5. The molecule has 180 valence electrons. The molecule has 3 N–H and O–H groups in total. The van der Waals surface area contributed by atoms with Crippen LogP contribution in [-0.4, -0.2) is 31.8 Å². The van der Waals surface area contributed by atoms with E-state index in [0.717, 1.165) is 33.4 Å². The molecule has 4 rings (SSSR count). The first-order valence-corrected chi connectivity index (χ1v) is 11.1. The largest absolute Gasteiger partial charge is 0.490 e. The number of fused-ring (bicyclic) bond motifs is 1. The number of rotatable bonds is 7. The summed E-state index contributed by atoms with van der Waals surface area (Å²) in [6.07, 6.45) is 1.57. The molecule has 1 amide bonds. The van der Waals surface area contributed by atoms with E-state index < -0.39 is 11.7 Å². The van der Waals surface area contributed by atoms with E-state index in [-0.39, 0.29) is 10.8 Å². The molecule has 4 aromatic rings. The molecule has 6 nitrogen and oxygen atoms in total. The molecule has 0 atom stereocenters. The maximum atomic E-state index is 13.7. The van der Waals surface area contributed by atoms with Gasteiger partial charge in [0.15, 0.2) is 0 Å². The quantitative estimate of drug-likeness (QED) is 0.190. The Morgan fingerprint density at radius 3 is 2.54 bits per heavy atom. The van der Waals surface area contributed by atoms with Gasteiger partial charge in [0.2, 0.25) is 5.76 Å². The van der Waals surface area contributed by atoms with E-state index in [9.17, 15) is 9.18 Å². The van der Waals surface area contributed by atoms with Crippen molar-refractivity contribution < 1.29 is 13.9 Å². The third-order valence-electron chi connectivity index (χ3n) is 5.22. The van der Waals surface area contributed by atoms with Gasteiger partial charge in [-0.2, -0.15) is 0 Å². The molecule has 0 radical (unpaired) electrons. The van der Waals surface area contributed by atoms with Crippen molar-refractivity contribution in [3.8, 4) is 11.3 Å². The molecule has 0 aliphatic heterocycles. The zero-order chi connectivity index (χ0) is 25.4. The van der Waals surface area contributed by atoms with Gasteiger partial charge in [0.1, 0.15) is 5.82 Å². The second kappa shape index (κ2) is 12.0. The highest BCUT2D eigenvalue weighted by molar-refractivity contribution is 6.30. The van der Waals surface area contributed by atoms with E-state index >= 15 is 0 Å². The van der Waals surface area contributed by atoms with Gasteiger partial charge in [-0.15, -0.1) is 0 Å². The van der Waals surface area contributed by atoms with Gasteiger partial charge in [-0.05, 0) is 55.2 Å². The van der Waals surface area contributed by atoms with Crippen molar-refractivity contribution in [2.24, 2.45) is 10.7 Å². The summed E-state index contributed by atoms with van der Waals surface area (Å²) in [5.74, 6) is -1.06. The van der Waals surface area contributed by atoms with Crippen molar-refractivity contribution in [3.05, 3.63) is 101 Å². The SMILES string of the molecule is C=NC(=O)/C(=C\N(Cc1ccc(F)c(Cl)c1)c1cccc2[nH]c(-c3ccccc3)cc12)OC.CN. The summed E-state index contributed by atoms with van der Waals surface area (Å²) in [6.45, 7) is 3.61. The van der Waals surface area contributed by atoms with Crippen LogP contribution >= 0.6 is 11.6 Å². The number of aliphatic imine (C=N–C) groups is 1. The first-order chi connectivity index (χ1) is 17.0. The van der Waals surface area contributed by atoms with Crippen molar-refractivity contribution >= 4 is 40.8 Å². The van der Waals surface area contributed by atoms with Crippen LogP contribution in [0.3, 0.4) is 0 Å². The monoisotopic (exact) mass is 492 g/mol. The van der Waals surface area contributed by atoms with E-state index in [4.69, 9.17) is 16.3 Å². The average Bonchev–Trinajstić information content (AvgIpc) is 3.34. The Morgan fingerprint density at radius 1 is 1.14 bits per heavy atom. The van der Waals surface area contributed by atoms with Gasteiger partial charge in [-0.3, -0.25) is 4.79 Å². The lowest BCUT2D eigenvalue weighted by molar-refractivity contribution is -0.117. The Bertz CT molecular complexity index is 1350. The van der Waals surface area contributed by atoms with Crippen molar-refractivity contribution in [3.63, 3.8) is 0 Å². The summed E-state index contributed by atoms with van der Waals surface area (Å²) >= 11 is 6.00. The minimum absolute atomic E-state index is 0.0223. The number of aromatic amines is 1. The number of nitrogens with zero attached hydrogens (tertiary/aromatic N) is 2. The fraction of sp³-hybridized carbons (Fsp3) is 0.111. The highest BCUT2D eigenvalue weighted by Crippen LogP contribution is 2.33. The van der Waals surface area contributed by atoms with Crippen LogP contribution in [0, 0.1) is 5.82 Å². The number of amides is 1. The number of benzene rings is 3. The summed E-state index contributed by atoms with van der Waals surface area (Å²) in [4.78, 5) is 20.9. The van der Waals surface area contributed by atoms with Crippen molar-refractivity contribution in [2.75, 3.05) is 19.1 Å². The summed E-state index contributed by atoms with van der Waals surface area (Å²) in [5, 5.41) is 0.966. The first kappa shape index (κ1) is 25.7. The van der Waals surface area contributed by atoms with Crippen LogP contribution in [0.5, 0.6) is 0 Å². The Labute approximate surface area is 208 Å².